The van der Waals surface area contributed by atoms with Crippen molar-refractivity contribution in [3.8, 4) is 0 Å². The zero-order chi connectivity index (χ0) is 16.6. The normalized spacial score (nSPS) is 18.5. The highest BCUT2D eigenvalue weighted by molar-refractivity contribution is 8.00. The van der Waals surface area contributed by atoms with Crippen molar-refractivity contribution < 1.29 is 5.11 Å². The van der Waals surface area contributed by atoms with Crippen LogP contribution in [-0.2, 0) is 6.42 Å². The standard InChI is InChI=1S/C18H24N4OS/c23-17(15-2-1-8-19-10-15)11-20-9-7-14-3-5-16(6-4-14)22-18-12-21-13-24-18/h1-6,8,10,17-18,20-23H,7,9,11-13H2/t17-,18?/m0/s1. The highest BCUT2D eigenvalue weighted by Gasteiger charge is 2.13. The Morgan fingerprint density at radius 3 is 2.88 bits per heavy atom. The zero-order valence-electron chi connectivity index (χ0n) is 13.6. The molecule has 128 valence electrons. The van der Waals surface area contributed by atoms with Crippen LogP contribution in [-0.4, -0.2) is 41.0 Å². The van der Waals surface area contributed by atoms with Crippen LogP contribution in [0.1, 0.15) is 17.2 Å². The van der Waals surface area contributed by atoms with E-state index in [1.54, 1.807) is 12.4 Å². The molecular weight excluding hydrogens is 320 g/mol. The maximum atomic E-state index is 10.1. The van der Waals surface area contributed by atoms with Crippen LogP contribution >= 0.6 is 11.8 Å². The number of rotatable bonds is 8. The van der Waals surface area contributed by atoms with Gasteiger partial charge in [-0.05, 0) is 36.7 Å². The first kappa shape index (κ1) is 17.2. The molecule has 1 unspecified atom stereocenters. The Bertz CT molecular complexity index is 602. The fourth-order valence-corrected chi connectivity index (χ4v) is 3.51. The van der Waals surface area contributed by atoms with Gasteiger partial charge in [0.1, 0.15) is 0 Å². The number of aliphatic hydroxyl groups is 1. The average molecular weight is 344 g/mol. The molecule has 0 bridgehead atoms. The van der Waals surface area contributed by atoms with Crippen LogP contribution in [0.15, 0.2) is 48.8 Å². The van der Waals surface area contributed by atoms with Gasteiger partial charge in [-0.2, -0.15) is 0 Å². The monoisotopic (exact) mass is 344 g/mol. The van der Waals surface area contributed by atoms with E-state index < -0.39 is 6.10 Å². The molecule has 1 aliphatic rings. The predicted molar refractivity (Wildman–Crippen MR) is 100 cm³/mol. The lowest BCUT2D eigenvalue weighted by atomic mass is 10.1. The lowest BCUT2D eigenvalue weighted by Gasteiger charge is -2.13. The van der Waals surface area contributed by atoms with Crippen LogP contribution in [0.5, 0.6) is 0 Å². The Hall–Kier alpha value is -1.60. The van der Waals surface area contributed by atoms with Gasteiger partial charge in [0, 0.05) is 42.6 Å². The Balaban J connectivity index is 1.37. The molecule has 0 spiro atoms. The summed E-state index contributed by atoms with van der Waals surface area (Å²) in [6, 6.07) is 12.3. The second-order valence-corrected chi connectivity index (χ2v) is 7.04. The van der Waals surface area contributed by atoms with Crippen molar-refractivity contribution in [2.24, 2.45) is 0 Å². The minimum atomic E-state index is -0.511. The van der Waals surface area contributed by atoms with Crippen LogP contribution in [0, 0.1) is 0 Å². The molecule has 5 nitrogen and oxygen atoms in total. The number of nitrogens with one attached hydrogen (secondary N) is 3. The van der Waals surface area contributed by atoms with Gasteiger partial charge in [-0.15, -0.1) is 11.8 Å². The van der Waals surface area contributed by atoms with E-state index in [2.05, 4.69) is 45.2 Å². The highest BCUT2D eigenvalue weighted by atomic mass is 32.2. The topological polar surface area (TPSA) is 69.2 Å². The summed E-state index contributed by atoms with van der Waals surface area (Å²) in [4.78, 5) is 4.03. The second-order valence-electron chi connectivity index (χ2n) is 5.85. The summed E-state index contributed by atoms with van der Waals surface area (Å²) in [7, 11) is 0. The molecule has 0 saturated carbocycles. The molecular formula is C18H24N4OS. The van der Waals surface area contributed by atoms with Crippen LogP contribution in [0.2, 0.25) is 0 Å². The van der Waals surface area contributed by atoms with E-state index in [1.807, 2.05) is 23.9 Å². The van der Waals surface area contributed by atoms with Crippen molar-refractivity contribution >= 4 is 17.4 Å². The van der Waals surface area contributed by atoms with Gasteiger partial charge in [0.05, 0.1) is 11.5 Å². The molecule has 1 fully saturated rings. The third kappa shape index (κ3) is 5.21. The minimum absolute atomic E-state index is 0.464. The van der Waals surface area contributed by atoms with Gasteiger partial charge < -0.3 is 21.1 Å². The number of nitrogens with zero attached hydrogens (tertiary/aromatic N) is 1. The maximum absolute atomic E-state index is 10.1. The van der Waals surface area contributed by atoms with E-state index >= 15 is 0 Å². The van der Waals surface area contributed by atoms with Crippen LogP contribution in [0.4, 0.5) is 5.69 Å². The van der Waals surface area contributed by atoms with Crippen molar-refractivity contribution in [3.05, 3.63) is 59.9 Å². The Morgan fingerprint density at radius 1 is 1.29 bits per heavy atom. The highest BCUT2D eigenvalue weighted by Crippen LogP contribution is 2.19. The second kappa shape index (κ2) is 9.03. The first-order valence-corrected chi connectivity index (χ1v) is 9.32. The molecule has 0 radical (unpaired) electrons. The molecule has 24 heavy (non-hydrogen) atoms. The van der Waals surface area contributed by atoms with Gasteiger partial charge >= 0.3 is 0 Å². The summed E-state index contributed by atoms with van der Waals surface area (Å²) < 4.78 is 0. The predicted octanol–water partition coefficient (Wildman–Crippen LogP) is 1.98. The summed E-state index contributed by atoms with van der Waals surface area (Å²) >= 11 is 1.90. The Kier molecular flexibility index (Phi) is 6.48. The van der Waals surface area contributed by atoms with Crippen molar-refractivity contribution in [2.75, 3.05) is 30.8 Å². The van der Waals surface area contributed by atoms with Gasteiger partial charge in [0.15, 0.2) is 0 Å². The fraction of sp³-hybridized carbons (Fsp3) is 0.389. The third-order valence-corrected chi connectivity index (χ3v) is 5.05. The molecule has 4 N–H and O–H groups in total. The summed E-state index contributed by atoms with van der Waals surface area (Å²) in [5.74, 6) is 1.02. The number of pyridine rings is 1. The molecule has 1 aliphatic heterocycles. The molecule has 1 saturated heterocycles. The summed E-state index contributed by atoms with van der Waals surface area (Å²) in [5, 5.41) is 20.7. The molecule has 2 heterocycles. The maximum Gasteiger partial charge on any atom is 0.0929 e. The van der Waals surface area contributed by atoms with Crippen molar-refractivity contribution in [2.45, 2.75) is 17.9 Å². The average Bonchev–Trinajstić information content (AvgIpc) is 3.14. The quantitative estimate of drug-likeness (QED) is 0.549. The first-order valence-electron chi connectivity index (χ1n) is 8.28. The summed E-state index contributed by atoms with van der Waals surface area (Å²) in [5.41, 5.74) is 3.31. The van der Waals surface area contributed by atoms with Gasteiger partial charge in [-0.1, -0.05) is 18.2 Å². The fourth-order valence-electron chi connectivity index (χ4n) is 2.62. The number of benzene rings is 1. The first-order chi connectivity index (χ1) is 11.8. The van der Waals surface area contributed by atoms with E-state index in [0.29, 0.717) is 11.9 Å². The lowest BCUT2D eigenvalue weighted by Crippen LogP contribution is -2.23. The van der Waals surface area contributed by atoms with Crippen LogP contribution in [0.3, 0.4) is 0 Å². The number of thioether (sulfide) groups is 1. The minimum Gasteiger partial charge on any atom is -0.387 e. The Labute approximate surface area is 147 Å². The molecule has 2 aromatic rings. The number of aliphatic hydroxyl groups excluding tert-OH is 1. The van der Waals surface area contributed by atoms with E-state index in [9.17, 15) is 5.11 Å². The van der Waals surface area contributed by atoms with Gasteiger partial charge in [0.25, 0.3) is 0 Å². The van der Waals surface area contributed by atoms with E-state index in [0.717, 1.165) is 31.0 Å². The Morgan fingerprint density at radius 2 is 2.17 bits per heavy atom. The number of hydrogen-bond acceptors (Lipinski definition) is 6. The molecule has 1 aromatic carbocycles. The van der Waals surface area contributed by atoms with E-state index in [4.69, 9.17) is 0 Å². The van der Waals surface area contributed by atoms with Crippen LogP contribution < -0.4 is 16.0 Å². The zero-order valence-corrected chi connectivity index (χ0v) is 14.4. The third-order valence-electron chi connectivity index (χ3n) is 4.00. The van der Waals surface area contributed by atoms with E-state index in [-0.39, 0.29) is 0 Å². The lowest BCUT2D eigenvalue weighted by molar-refractivity contribution is 0.174. The SMILES string of the molecule is O[C@@H](CNCCc1ccc(NC2CNCS2)cc1)c1cccnc1. The molecule has 0 aliphatic carbocycles. The van der Waals surface area contributed by atoms with Crippen molar-refractivity contribution in [3.63, 3.8) is 0 Å². The number of aromatic nitrogens is 1. The van der Waals surface area contributed by atoms with Gasteiger partial charge in [0.2, 0.25) is 0 Å². The molecule has 6 heteroatoms. The van der Waals surface area contributed by atoms with Gasteiger partial charge in [-0.25, -0.2) is 0 Å². The molecule has 2 atom stereocenters. The number of hydrogen-bond donors (Lipinski definition) is 4. The molecule has 3 rings (SSSR count). The van der Waals surface area contributed by atoms with Gasteiger partial charge in [-0.3, -0.25) is 4.98 Å². The number of anilines is 1. The largest absolute Gasteiger partial charge is 0.387 e. The summed E-state index contributed by atoms with van der Waals surface area (Å²) in [6.07, 6.45) is 3.85. The van der Waals surface area contributed by atoms with E-state index in [1.165, 1.54) is 11.3 Å². The summed E-state index contributed by atoms with van der Waals surface area (Å²) in [6.45, 7) is 2.39. The molecule has 1 aromatic heterocycles. The van der Waals surface area contributed by atoms with Crippen LogP contribution in [0.25, 0.3) is 0 Å². The van der Waals surface area contributed by atoms with Crippen molar-refractivity contribution in [1.82, 2.24) is 15.6 Å². The van der Waals surface area contributed by atoms with Crippen molar-refractivity contribution in [1.29, 1.82) is 0 Å². The molecule has 0 amide bonds. The smallest absolute Gasteiger partial charge is 0.0929 e.